The van der Waals surface area contributed by atoms with Crippen LogP contribution in [0.25, 0.3) is 0 Å². The van der Waals surface area contributed by atoms with Crippen LogP contribution in [-0.2, 0) is 4.74 Å². The molecule has 1 N–H and O–H groups in total. The number of hydrogen-bond acceptors (Lipinski definition) is 4. The zero-order valence-electron chi connectivity index (χ0n) is 15.9. The maximum atomic E-state index is 6.42. The van der Waals surface area contributed by atoms with E-state index in [2.05, 4.69) is 17.4 Å². The van der Waals surface area contributed by atoms with Gasteiger partial charge in [0.25, 0.3) is 0 Å². The van der Waals surface area contributed by atoms with Crippen LogP contribution in [0.3, 0.4) is 0 Å². The number of allylic oxidation sites excluding steroid dienone is 3. The van der Waals surface area contributed by atoms with Crippen molar-refractivity contribution in [1.29, 1.82) is 0 Å². The van der Waals surface area contributed by atoms with Crippen LogP contribution in [0.2, 0.25) is 0 Å². The lowest BCUT2D eigenvalue weighted by Crippen LogP contribution is -2.43. The zero-order chi connectivity index (χ0) is 18.9. The quantitative estimate of drug-likeness (QED) is 0.572. The first kappa shape index (κ1) is 19.2. The highest BCUT2D eigenvalue weighted by atomic mass is 16.6. The molecule has 1 heterocycles. The summed E-state index contributed by atoms with van der Waals surface area (Å²) in [5.41, 5.74) is 2.22. The van der Waals surface area contributed by atoms with Crippen molar-refractivity contribution in [1.82, 2.24) is 5.32 Å². The van der Waals surface area contributed by atoms with E-state index >= 15 is 0 Å². The van der Waals surface area contributed by atoms with Crippen molar-refractivity contribution in [3.8, 4) is 11.5 Å². The zero-order valence-corrected chi connectivity index (χ0v) is 15.9. The van der Waals surface area contributed by atoms with Crippen molar-refractivity contribution >= 4 is 0 Å². The van der Waals surface area contributed by atoms with Gasteiger partial charge in [0.2, 0.25) is 0 Å². The summed E-state index contributed by atoms with van der Waals surface area (Å²) < 4.78 is 18.2. The number of hydrogen-bond donors (Lipinski definition) is 1. The van der Waals surface area contributed by atoms with E-state index in [4.69, 9.17) is 14.2 Å². The van der Waals surface area contributed by atoms with Crippen molar-refractivity contribution < 1.29 is 14.2 Å². The van der Waals surface area contributed by atoms with Gasteiger partial charge in [0.1, 0.15) is 6.10 Å². The smallest absolute Gasteiger partial charge is 0.168 e. The van der Waals surface area contributed by atoms with Crippen molar-refractivity contribution in [2.24, 2.45) is 0 Å². The molecule has 0 amide bonds. The molecule has 2 unspecified atom stereocenters. The third-order valence-electron chi connectivity index (χ3n) is 4.51. The van der Waals surface area contributed by atoms with Crippen LogP contribution in [0.5, 0.6) is 11.5 Å². The molecule has 27 heavy (non-hydrogen) atoms. The predicted octanol–water partition coefficient (Wildman–Crippen LogP) is 4.65. The first-order valence-electron chi connectivity index (χ1n) is 9.37. The monoisotopic (exact) mass is 365 g/mol. The average molecular weight is 365 g/mol. The van der Waals surface area contributed by atoms with E-state index in [9.17, 15) is 0 Å². The molecule has 0 spiro atoms. The summed E-state index contributed by atoms with van der Waals surface area (Å²) in [6.07, 6.45) is 5.37. The minimum absolute atomic E-state index is 0.0602. The highest BCUT2D eigenvalue weighted by Gasteiger charge is 2.28. The second kappa shape index (κ2) is 9.95. The summed E-state index contributed by atoms with van der Waals surface area (Å²) in [5.74, 6) is 1.38. The molecule has 1 fully saturated rings. The summed E-state index contributed by atoms with van der Waals surface area (Å²) in [4.78, 5) is 0. The van der Waals surface area contributed by atoms with Crippen LogP contribution in [0.4, 0.5) is 0 Å². The normalized spacial score (nSPS) is 19.0. The number of benzene rings is 2. The molecule has 1 aliphatic heterocycles. The minimum Gasteiger partial charge on any atom is -0.479 e. The SMILES string of the molecule is C/C=C(C)/C=C/Oc1ccccc1OC(c1ccccc1)C1CNCCO1. The molecule has 0 bridgehead atoms. The Bertz CT molecular complexity index is 764. The number of para-hydroxylation sites is 2. The predicted molar refractivity (Wildman–Crippen MR) is 108 cm³/mol. The van der Waals surface area contributed by atoms with Gasteiger partial charge in [0.15, 0.2) is 17.6 Å². The van der Waals surface area contributed by atoms with E-state index in [0.717, 1.165) is 24.2 Å². The van der Waals surface area contributed by atoms with Crippen LogP contribution in [0.1, 0.15) is 25.5 Å². The van der Waals surface area contributed by atoms with Gasteiger partial charge in [-0.1, -0.05) is 54.1 Å². The molecule has 1 saturated heterocycles. The van der Waals surface area contributed by atoms with Gasteiger partial charge in [-0.2, -0.15) is 0 Å². The first-order valence-corrected chi connectivity index (χ1v) is 9.37. The molecule has 0 radical (unpaired) electrons. The van der Waals surface area contributed by atoms with Crippen molar-refractivity contribution in [3.63, 3.8) is 0 Å². The molecule has 1 aliphatic rings. The lowest BCUT2D eigenvalue weighted by molar-refractivity contribution is -0.0437. The molecular weight excluding hydrogens is 338 g/mol. The van der Waals surface area contributed by atoms with Crippen LogP contribution >= 0.6 is 0 Å². The standard InChI is InChI=1S/C23H27NO3/c1-3-18(2)13-15-25-20-11-7-8-12-21(20)27-23(19-9-5-4-6-10-19)22-17-24-14-16-26-22/h3-13,15,22-24H,14,16-17H2,1-2H3/b15-13+,18-3+. The fraction of sp³-hybridized carbons (Fsp3) is 0.304. The van der Waals surface area contributed by atoms with Crippen molar-refractivity contribution in [2.75, 3.05) is 19.7 Å². The first-order chi connectivity index (χ1) is 13.3. The number of ether oxygens (including phenoxy) is 3. The van der Waals surface area contributed by atoms with E-state index in [1.54, 1.807) is 6.26 Å². The van der Waals surface area contributed by atoms with Crippen molar-refractivity contribution in [2.45, 2.75) is 26.1 Å². The Kier molecular flexibility index (Phi) is 7.08. The van der Waals surface area contributed by atoms with Crippen LogP contribution < -0.4 is 14.8 Å². The van der Waals surface area contributed by atoms with E-state index in [1.807, 2.05) is 68.5 Å². The summed E-state index contributed by atoms with van der Waals surface area (Å²) in [6, 6.07) is 17.9. The second-order valence-corrected chi connectivity index (χ2v) is 6.46. The molecule has 3 rings (SSSR count). The van der Waals surface area contributed by atoms with E-state index in [-0.39, 0.29) is 12.2 Å². The molecule has 2 aromatic carbocycles. The van der Waals surface area contributed by atoms with Gasteiger partial charge in [-0.3, -0.25) is 0 Å². The maximum absolute atomic E-state index is 6.42. The second-order valence-electron chi connectivity index (χ2n) is 6.46. The van der Waals surface area contributed by atoms with Gasteiger partial charge in [-0.05, 0) is 37.6 Å². The van der Waals surface area contributed by atoms with Crippen LogP contribution in [0.15, 0.2) is 78.6 Å². The molecule has 2 atom stereocenters. The summed E-state index contributed by atoms with van der Waals surface area (Å²) in [7, 11) is 0. The maximum Gasteiger partial charge on any atom is 0.168 e. The Balaban J connectivity index is 1.82. The lowest BCUT2D eigenvalue weighted by atomic mass is 10.0. The highest BCUT2D eigenvalue weighted by molar-refractivity contribution is 5.41. The summed E-state index contributed by atoms with van der Waals surface area (Å²) in [5, 5.41) is 3.38. The molecule has 0 aromatic heterocycles. The largest absolute Gasteiger partial charge is 0.479 e. The fourth-order valence-electron chi connectivity index (χ4n) is 2.87. The third kappa shape index (κ3) is 5.46. The molecule has 0 saturated carbocycles. The average Bonchev–Trinajstić information content (AvgIpc) is 2.74. The van der Waals surface area contributed by atoms with Gasteiger partial charge in [0, 0.05) is 13.1 Å². The topological polar surface area (TPSA) is 39.7 Å². The van der Waals surface area contributed by atoms with Gasteiger partial charge in [-0.25, -0.2) is 0 Å². The summed E-state index contributed by atoms with van der Waals surface area (Å²) in [6.45, 7) is 6.33. The highest BCUT2D eigenvalue weighted by Crippen LogP contribution is 2.33. The van der Waals surface area contributed by atoms with Gasteiger partial charge in [-0.15, -0.1) is 0 Å². The molecule has 0 aliphatic carbocycles. The number of morpholine rings is 1. The Hall–Kier alpha value is -2.56. The fourth-order valence-corrected chi connectivity index (χ4v) is 2.87. The van der Waals surface area contributed by atoms with Gasteiger partial charge in [0.05, 0.1) is 12.9 Å². The van der Waals surface area contributed by atoms with E-state index in [0.29, 0.717) is 18.1 Å². The van der Waals surface area contributed by atoms with Crippen molar-refractivity contribution in [3.05, 3.63) is 84.1 Å². The minimum atomic E-state index is -0.218. The Morgan fingerprint density at radius 2 is 1.85 bits per heavy atom. The summed E-state index contributed by atoms with van der Waals surface area (Å²) >= 11 is 0. The van der Waals surface area contributed by atoms with E-state index < -0.39 is 0 Å². The molecular formula is C23H27NO3. The molecule has 2 aromatic rings. The van der Waals surface area contributed by atoms with Crippen LogP contribution in [0, 0.1) is 0 Å². The van der Waals surface area contributed by atoms with Crippen LogP contribution in [-0.4, -0.2) is 25.8 Å². The molecule has 142 valence electrons. The Labute approximate surface area is 161 Å². The van der Waals surface area contributed by atoms with Gasteiger partial charge >= 0.3 is 0 Å². The Morgan fingerprint density at radius 1 is 1.11 bits per heavy atom. The van der Waals surface area contributed by atoms with Gasteiger partial charge < -0.3 is 19.5 Å². The van der Waals surface area contributed by atoms with E-state index in [1.165, 1.54) is 0 Å². The Morgan fingerprint density at radius 3 is 2.56 bits per heavy atom. The molecule has 4 nitrogen and oxygen atoms in total. The lowest BCUT2D eigenvalue weighted by Gasteiger charge is -2.32. The number of nitrogens with one attached hydrogen (secondary N) is 1. The molecule has 4 heteroatoms. The number of rotatable bonds is 7. The third-order valence-corrected chi connectivity index (χ3v) is 4.51.